The number of halogens is 2. The van der Waals surface area contributed by atoms with E-state index in [4.69, 9.17) is 7.66 Å². The summed E-state index contributed by atoms with van der Waals surface area (Å²) >= 11 is 5.47. The minimum atomic E-state index is -1.14. The highest BCUT2D eigenvalue weighted by Gasteiger charge is 2.18. The van der Waals surface area contributed by atoms with Gasteiger partial charge in [-0.05, 0) is 24.3 Å². The van der Waals surface area contributed by atoms with Gasteiger partial charge >= 0.3 is 23.9 Å². The molecular formula is C18H10Br2O8. The Morgan fingerprint density at radius 3 is 1.36 bits per heavy atom. The molecule has 0 spiro atoms. The monoisotopic (exact) mass is 512 g/mol. The maximum Gasteiger partial charge on any atom is 0.349 e. The molecule has 0 radical (unpaired) electrons. The zero-order chi connectivity index (χ0) is 20.5. The van der Waals surface area contributed by atoms with E-state index in [0.717, 1.165) is 0 Å². The van der Waals surface area contributed by atoms with Gasteiger partial charge in [-0.2, -0.15) is 0 Å². The van der Waals surface area contributed by atoms with Gasteiger partial charge in [0.05, 0.1) is 0 Å². The maximum atomic E-state index is 11.9. The van der Waals surface area contributed by atoms with Crippen molar-refractivity contribution in [2.75, 3.05) is 0 Å². The van der Waals surface area contributed by atoms with Gasteiger partial charge in [-0.1, -0.05) is 24.3 Å². The summed E-state index contributed by atoms with van der Waals surface area (Å²) in [4.78, 5) is 47.3. The van der Waals surface area contributed by atoms with Crippen molar-refractivity contribution in [2.24, 2.45) is 0 Å². The second-order valence-corrected chi connectivity index (χ2v) is 5.54. The quantitative estimate of drug-likeness (QED) is 0.327. The predicted molar refractivity (Wildman–Crippen MR) is 102 cm³/mol. The van der Waals surface area contributed by atoms with Gasteiger partial charge in [0.25, 0.3) is 0 Å². The van der Waals surface area contributed by atoms with Crippen molar-refractivity contribution in [3.63, 3.8) is 0 Å². The molecule has 0 unspecified atom stereocenters. The molecule has 0 heterocycles. The van der Waals surface area contributed by atoms with Gasteiger partial charge in [0.2, 0.25) is 0 Å². The molecule has 2 rings (SSSR count). The second-order valence-electron chi connectivity index (χ2n) is 4.90. The molecule has 0 aliphatic carbocycles. The number of rotatable bonds is 6. The number of ether oxygens (including phenoxy) is 2. The number of carbonyl (C=O) groups excluding carboxylic acids is 4. The van der Waals surface area contributed by atoms with Crippen LogP contribution in [0.15, 0.2) is 60.7 Å². The molecule has 28 heavy (non-hydrogen) atoms. The minimum absolute atomic E-state index is 0.00902. The average Bonchev–Trinajstić information content (AvgIpc) is 2.72. The van der Waals surface area contributed by atoms with Gasteiger partial charge in [0.1, 0.15) is 11.1 Å². The molecule has 144 valence electrons. The van der Waals surface area contributed by atoms with E-state index in [9.17, 15) is 19.2 Å². The van der Waals surface area contributed by atoms with Crippen molar-refractivity contribution >= 4 is 56.4 Å². The predicted octanol–water partition coefficient (Wildman–Crippen LogP) is 3.69. The van der Waals surface area contributed by atoms with E-state index < -0.39 is 23.9 Å². The Hall–Kier alpha value is -2.98. The first-order valence-corrected chi connectivity index (χ1v) is 8.71. The van der Waals surface area contributed by atoms with Crippen LogP contribution in [0.2, 0.25) is 0 Å². The third-order valence-corrected chi connectivity index (χ3v) is 3.82. The Morgan fingerprint density at radius 1 is 0.643 bits per heavy atom. The summed E-state index contributed by atoms with van der Waals surface area (Å²) in [7, 11) is 0. The largest absolute Gasteiger partial charge is 0.417 e. The summed E-state index contributed by atoms with van der Waals surface area (Å²) in [5, 5.41) is 0. The molecule has 0 aliphatic heterocycles. The molecule has 2 aromatic carbocycles. The number of carbonyl (C=O) groups is 4. The lowest BCUT2D eigenvalue weighted by Gasteiger charge is -2.05. The number of hydrogen-bond donors (Lipinski definition) is 0. The van der Waals surface area contributed by atoms with E-state index in [0.29, 0.717) is 12.2 Å². The third kappa shape index (κ3) is 5.76. The number of hydrogen-bond acceptors (Lipinski definition) is 8. The van der Waals surface area contributed by atoms with E-state index in [1.165, 1.54) is 24.3 Å². The van der Waals surface area contributed by atoms with Crippen molar-refractivity contribution in [3.8, 4) is 11.5 Å². The first kappa shape index (κ1) is 21.3. The van der Waals surface area contributed by atoms with Gasteiger partial charge in [-0.25, -0.2) is 19.2 Å². The second kappa shape index (κ2) is 10.4. The topological polar surface area (TPSA) is 105 Å². The van der Waals surface area contributed by atoms with Crippen LogP contribution in [-0.4, -0.2) is 23.9 Å². The lowest BCUT2D eigenvalue weighted by atomic mass is 10.2. The normalized spacial score (nSPS) is 10.2. The van der Waals surface area contributed by atoms with E-state index in [-0.39, 0.29) is 22.6 Å². The van der Waals surface area contributed by atoms with Crippen LogP contribution in [0.25, 0.3) is 0 Å². The number of benzene rings is 2. The van der Waals surface area contributed by atoms with Gasteiger partial charge in [-0.15, -0.1) is 0 Å². The Labute approximate surface area is 175 Å². The molecule has 0 aromatic heterocycles. The Balaban J connectivity index is 1.95. The molecule has 0 saturated carbocycles. The molecule has 0 aliphatic rings. The van der Waals surface area contributed by atoms with E-state index in [1.807, 2.05) is 0 Å². The zero-order valence-corrected chi connectivity index (χ0v) is 17.0. The standard InChI is InChI=1S/C18H10Br2O8/c19-27-13-7-3-1-5-11(13)17(23)25-15(21)9-10-16(22)26-18(24)12-6-2-4-8-14(12)28-20/h1-10H/b10-9+. The first-order valence-electron chi connectivity index (χ1n) is 7.42. The number of para-hydroxylation sites is 2. The molecule has 0 fully saturated rings. The fraction of sp³-hybridized carbons (Fsp3) is 0. The SMILES string of the molecule is O=C(/C=C/C(=O)OC(=O)c1ccccc1OBr)OC(=O)c1ccccc1OBr. The summed E-state index contributed by atoms with van der Waals surface area (Å²) in [6.07, 6.45) is 1.30. The van der Waals surface area contributed by atoms with Crippen LogP contribution in [-0.2, 0) is 19.1 Å². The molecule has 0 amide bonds. The van der Waals surface area contributed by atoms with E-state index in [1.54, 1.807) is 24.3 Å². The van der Waals surface area contributed by atoms with Crippen molar-refractivity contribution in [1.82, 2.24) is 0 Å². The van der Waals surface area contributed by atoms with E-state index in [2.05, 4.69) is 42.0 Å². The summed E-state index contributed by atoms with van der Waals surface area (Å²) in [6, 6.07) is 12.0. The molecule has 0 N–H and O–H groups in total. The highest BCUT2D eigenvalue weighted by atomic mass is 79.9. The van der Waals surface area contributed by atoms with Gasteiger partial charge in [0.15, 0.2) is 44.0 Å². The lowest BCUT2D eigenvalue weighted by molar-refractivity contribution is -0.135. The van der Waals surface area contributed by atoms with Crippen LogP contribution in [0.4, 0.5) is 0 Å². The summed E-state index contributed by atoms with van der Waals surface area (Å²) in [5.74, 6) is -3.97. The third-order valence-electron chi connectivity index (χ3n) is 3.12. The zero-order valence-electron chi connectivity index (χ0n) is 13.8. The molecule has 10 heteroatoms. The Kier molecular flexibility index (Phi) is 7.90. The first-order chi connectivity index (χ1) is 13.5. The van der Waals surface area contributed by atoms with Gasteiger partial charge in [-0.3, -0.25) is 0 Å². The molecule has 0 saturated heterocycles. The van der Waals surface area contributed by atoms with Crippen LogP contribution in [0.3, 0.4) is 0 Å². The van der Waals surface area contributed by atoms with Gasteiger partial charge < -0.3 is 17.1 Å². The van der Waals surface area contributed by atoms with Crippen LogP contribution in [0.5, 0.6) is 11.5 Å². The summed E-state index contributed by atoms with van der Waals surface area (Å²) < 4.78 is 18.8. The van der Waals surface area contributed by atoms with Crippen LogP contribution >= 0.6 is 32.5 Å². The van der Waals surface area contributed by atoms with Crippen LogP contribution in [0.1, 0.15) is 20.7 Å². The fourth-order valence-corrected chi connectivity index (χ4v) is 2.47. The van der Waals surface area contributed by atoms with Crippen molar-refractivity contribution < 1.29 is 36.3 Å². The van der Waals surface area contributed by atoms with Crippen molar-refractivity contribution in [3.05, 3.63) is 71.8 Å². The van der Waals surface area contributed by atoms with Gasteiger partial charge in [0, 0.05) is 12.2 Å². The molecule has 2 aromatic rings. The maximum absolute atomic E-state index is 11.9. The minimum Gasteiger partial charge on any atom is -0.417 e. The van der Waals surface area contributed by atoms with Crippen LogP contribution in [0, 0.1) is 0 Å². The van der Waals surface area contributed by atoms with E-state index >= 15 is 0 Å². The molecular weight excluding hydrogens is 504 g/mol. The summed E-state index contributed by atoms with van der Waals surface area (Å²) in [5.41, 5.74) is -0.0180. The fourth-order valence-electron chi connectivity index (χ4n) is 1.90. The highest BCUT2D eigenvalue weighted by molar-refractivity contribution is 9.06. The summed E-state index contributed by atoms with van der Waals surface area (Å²) in [6.45, 7) is 0. The molecule has 0 bridgehead atoms. The molecule has 8 nitrogen and oxygen atoms in total. The van der Waals surface area contributed by atoms with Crippen LogP contribution < -0.4 is 7.66 Å². The highest BCUT2D eigenvalue weighted by Crippen LogP contribution is 2.21. The average molecular weight is 514 g/mol. The van der Waals surface area contributed by atoms with Crippen molar-refractivity contribution in [2.45, 2.75) is 0 Å². The smallest absolute Gasteiger partial charge is 0.349 e. The Morgan fingerprint density at radius 2 is 1.00 bits per heavy atom. The number of esters is 4. The van der Waals surface area contributed by atoms with Crippen molar-refractivity contribution in [1.29, 1.82) is 0 Å². The Bertz CT molecular complexity index is 863. The lowest BCUT2D eigenvalue weighted by Crippen LogP contribution is -2.13. The molecule has 0 atom stereocenters.